The van der Waals surface area contributed by atoms with Gasteiger partial charge in [0.1, 0.15) is 5.75 Å². The summed E-state index contributed by atoms with van der Waals surface area (Å²) in [6.45, 7) is 6.51. The van der Waals surface area contributed by atoms with Crippen LogP contribution in [0, 0.1) is 0 Å². The van der Waals surface area contributed by atoms with Crippen LogP contribution in [0.3, 0.4) is 0 Å². The highest BCUT2D eigenvalue weighted by molar-refractivity contribution is 6.32. The molecule has 1 heterocycles. The van der Waals surface area contributed by atoms with E-state index in [0.29, 0.717) is 23.4 Å². The van der Waals surface area contributed by atoms with Crippen LogP contribution in [0.5, 0.6) is 5.75 Å². The summed E-state index contributed by atoms with van der Waals surface area (Å²) in [5, 5.41) is 0.620. The molecule has 1 aliphatic rings. The quantitative estimate of drug-likeness (QED) is 0.927. The summed E-state index contributed by atoms with van der Waals surface area (Å²) in [5.41, 5.74) is 7.00. The third-order valence-electron chi connectivity index (χ3n) is 3.80. The van der Waals surface area contributed by atoms with Gasteiger partial charge in [-0.3, -0.25) is 4.90 Å². The third kappa shape index (κ3) is 3.09. The lowest BCUT2D eigenvalue weighted by atomic mass is 9.96. The summed E-state index contributed by atoms with van der Waals surface area (Å²) in [7, 11) is 1.62. The van der Waals surface area contributed by atoms with Gasteiger partial charge in [-0.05, 0) is 31.5 Å². The Balaban J connectivity index is 2.35. The number of hydrogen-bond donors (Lipinski definition) is 1. The van der Waals surface area contributed by atoms with Crippen molar-refractivity contribution >= 4 is 11.6 Å². The molecular formula is C15H23ClN2O2. The first kappa shape index (κ1) is 15.6. The number of nitrogens with two attached hydrogens (primary N) is 1. The molecule has 0 amide bonds. The molecule has 0 radical (unpaired) electrons. The Morgan fingerprint density at radius 1 is 1.50 bits per heavy atom. The number of hydrogen-bond acceptors (Lipinski definition) is 4. The Morgan fingerprint density at radius 2 is 2.25 bits per heavy atom. The van der Waals surface area contributed by atoms with Gasteiger partial charge in [0, 0.05) is 19.1 Å². The lowest BCUT2D eigenvalue weighted by molar-refractivity contribution is -0.0789. The van der Waals surface area contributed by atoms with Gasteiger partial charge in [-0.1, -0.05) is 17.7 Å². The number of benzene rings is 1. The summed E-state index contributed by atoms with van der Waals surface area (Å²) in [6, 6.07) is 6.47. The minimum atomic E-state index is -0.00406. The average molecular weight is 299 g/mol. The molecule has 4 nitrogen and oxygen atoms in total. The Bertz CT molecular complexity index is 453. The van der Waals surface area contributed by atoms with Crippen molar-refractivity contribution in [2.24, 2.45) is 5.73 Å². The van der Waals surface area contributed by atoms with Gasteiger partial charge < -0.3 is 15.2 Å². The molecule has 1 aliphatic heterocycles. The van der Waals surface area contributed by atoms with Crippen LogP contribution in [-0.2, 0) is 4.74 Å². The van der Waals surface area contributed by atoms with Crippen molar-refractivity contribution in [2.75, 3.05) is 26.8 Å². The van der Waals surface area contributed by atoms with Crippen molar-refractivity contribution in [1.29, 1.82) is 0 Å². The molecular weight excluding hydrogens is 276 g/mol. The third-order valence-corrected chi connectivity index (χ3v) is 4.10. The van der Waals surface area contributed by atoms with E-state index in [1.807, 2.05) is 18.2 Å². The lowest BCUT2D eigenvalue weighted by Crippen LogP contribution is -2.50. The first-order valence-electron chi connectivity index (χ1n) is 6.99. The highest BCUT2D eigenvalue weighted by Crippen LogP contribution is 2.34. The summed E-state index contributed by atoms with van der Waals surface area (Å²) in [5.74, 6) is 0.688. The highest BCUT2D eigenvalue weighted by atomic mass is 35.5. The van der Waals surface area contributed by atoms with E-state index < -0.39 is 0 Å². The van der Waals surface area contributed by atoms with Crippen LogP contribution in [-0.4, -0.2) is 43.9 Å². The molecule has 0 aliphatic carbocycles. The van der Waals surface area contributed by atoms with Crippen molar-refractivity contribution < 1.29 is 9.47 Å². The summed E-state index contributed by atoms with van der Waals surface area (Å²) in [6.07, 6.45) is -0.00406. The van der Waals surface area contributed by atoms with Crippen LogP contribution in [0.25, 0.3) is 0 Å². The monoisotopic (exact) mass is 298 g/mol. The molecule has 0 saturated carbocycles. The molecule has 1 aromatic carbocycles. The Labute approximate surface area is 125 Å². The second-order valence-electron chi connectivity index (χ2n) is 5.32. The first-order valence-corrected chi connectivity index (χ1v) is 7.37. The van der Waals surface area contributed by atoms with E-state index >= 15 is 0 Å². The zero-order valence-electron chi connectivity index (χ0n) is 12.3. The van der Waals surface area contributed by atoms with Crippen molar-refractivity contribution in [3.63, 3.8) is 0 Å². The molecule has 2 atom stereocenters. The van der Waals surface area contributed by atoms with Crippen LogP contribution in [0.15, 0.2) is 18.2 Å². The van der Waals surface area contributed by atoms with Crippen LogP contribution >= 0.6 is 11.6 Å². The number of halogens is 1. The highest BCUT2D eigenvalue weighted by Gasteiger charge is 2.34. The van der Waals surface area contributed by atoms with Crippen LogP contribution in [0.4, 0.5) is 0 Å². The maximum Gasteiger partial charge on any atom is 0.137 e. The Morgan fingerprint density at radius 3 is 2.80 bits per heavy atom. The molecule has 2 N–H and O–H groups in total. The number of methoxy groups -OCH3 is 1. The normalized spacial score (nSPS) is 24.1. The van der Waals surface area contributed by atoms with E-state index in [-0.39, 0.29) is 12.1 Å². The van der Waals surface area contributed by atoms with E-state index in [1.165, 1.54) is 0 Å². The zero-order valence-corrected chi connectivity index (χ0v) is 13.1. The van der Waals surface area contributed by atoms with Crippen LogP contribution in [0.1, 0.15) is 25.5 Å². The minimum absolute atomic E-state index is 0.00406. The molecule has 2 rings (SSSR count). The largest absolute Gasteiger partial charge is 0.495 e. The SMILES string of the molecule is COc1ccc(C2C(CN)OCCN2C(C)C)cc1Cl. The second kappa shape index (κ2) is 6.76. The number of nitrogens with zero attached hydrogens (tertiary/aromatic N) is 1. The molecule has 20 heavy (non-hydrogen) atoms. The molecule has 112 valence electrons. The van der Waals surface area contributed by atoms with Crippen LogP contribution in [0.2, 0.25) is 5.02 Å². The van der Waals surface area contributed by atoms with Gasteiger partial charge in [-0.25, -0.2) is 0 Å². The van der Waals surface area contributed by atoms with Crippen molar-refractivity contribution in [2.45, 2.75) is 32.0 Å². The van der Waals surface area contributed by atoms with E-state index in [9.17, 15) is 0 Å². The molecule has 2 unspecified atom stereocenters. The predicted molar refractivity (Wildman–Crippen MR) is 81.4 cm³/mol. The zero-order chi connectivity index (χ0) is 14.7. The molecule has 5 heteroatoms. The molecule has 1 aromatic rings. The molecule has 1 saturated heterocycles. The van der Waals surface area contributed by atoms with Gasteiger partial charge >= 0.3 is 0 Å². The standard InChI is InChI=1S/C15H23ClN2O2/c1-10(2)18-6-7-20-14(9-17)15(18)11-4-5-13(19-3)12(16)8-11/h4-5,8,10,14-15H,6-7,9,17H2,1-3H3. The summed E-state index contributed by atoms with van der Waals surface area (Å²) >= 11 is 6.25. The van der Waals surface area contributed by atoms with E-state index in [1.54, 1.807) is 7.11 Å². The number of morpholine rings is 1. The number of rotatable bonds is 4. The number of ether oxygens (including phenoxy) is 2. The first-order chi connectivity index (χ1) is 9.58. The topological polar surface area (TPSA) is 47.7 Å². The fraction of sp³-hybridized carbons (Fsp3) is 0.600. The summed E-state index contributed by atoms with van der Waals surface area (Å²) < 4.78 is 11.0. The molecule has 0 spiro atoms. The molecule has 0 aromatic heterocycles. The summed E-state index contributed by atoms with van der Waals surface area (Å²) in [4.78, 5) is 2.42. The van der Waals surface area contributed by atoms with Gasteiger partial charge in [0.25, 0.3) is 0 Å². The van der Waals surface area contributed by atoms with Crippen molar-refractivity contribution in [3.8, 4) is 5.75 Å². The smallest absolute Gasteiger partial charge is 0.137 e. The van der Waals surface area contributed by atoms with Gasteiger partial charge in [0.05, 0.1) is 30.9 Å². The van der Waals surface area contributed by atoms with Gasteiger partial charge in [0.2, 0.25) is 0 Å². The Kier molecular flexibility index (Phi) is 5.27. The van der Waals surface area contributed by atoms with E-state index in [0.717, 1.165) is 18.7 Å². The van der Waals surface area contributed by atoms with Gasteiger partial charge in [-0.2, -0.15) is 0 Å². The second-order valence-corrected chi connectivity index (χ2v) is 5.72. The molecule has 1 fully saturated rings. The van der Waals surface area contributed by atoms with E-state index in [4.69, 9.17) is 26.8 Å². The maximum absolute atomic E-state index is 6.25. The molecule has 0 bridgehead atoms. The van der Waals surface area contributed by atoms with Crippen molar-refractivity contribution in [1.82, 2.24) is 4.90 Å². The average Bonchev–Trinajstić information content (AvgIpc) is 2.46. The van der Waals surface area contributed by atoms with Crippen LogP contribution < -0.4 is 10.5 Å². The predicted octanol–water partition coefficient (Wildman–Crippen LogP) is 2.46. The minimum Gasteiger partial charge on any atom is -0.495 e. The van der Waals surface area contributed by atoms with Crippen molar-refractivity contribution in [3.05, 3.63) is 28.8 Å². The maximum atomic E-state index is 6.25. The lowest BCUT2D eigenvalue weighted by Gasteiger charge is -2.43. The fourth-order valence-electron chi connectivity index (χ4n) is 2.80. The van der Waals surface area contributed by atoms with Gasteiger partial charge in [-0.15, -0.1) is 0 Å². The van der Waals surface area contributed by atoms with E-state index in [2.05, 4.69) is 18.7 Å². The Hall–Kier alpha value is -0.810. The fourth-order valence-corrected chi connectivity index (χ4v) is 3.07. The van der Waals surface area contributed by atoms with Gasteiger partial charge in [0.15, 0.2) is 0 Å².